The summed E-state index contributed by atoms with van der Waals surface area (Å²) in [5.41, 5.74) is 2.83. The summed E-state index contributed by atoms with van der Waals surface area (Å²) in [6.45, 7) is 4.47. The van der Waals surface area contributed by atoms with E-state index in [-0.39, 0.29) is 5.82 Å². The third kappa shape index (κ3) is 2.06. The van der Waals surface area contributed by atoms with Gasteiger partial charge in [0.1, 0.15) is 22.6 Å². The van der Waals surface area contributed by atoms with E-state index in [0.29, 0.717) is 11.0 Å². The maximum Gasteiger partial charge on any atom is 0.141 e. The molecule has 1 aromatic carbocycles. The fraction of sp³-hybridized carbons (Fsp3) is 0.286. The van der Waals surface area contributed by atoms with Crippen LogP contribution in [0.1, 0.15) is 17.0 Å². The van der Waals surface area contributed by atoms with E-state index in [2.05, 4.69) is 9.97 Å². The number of rotatable bonds is 1. The number of anilines is 2. The molecule has 0 amide bonds. The first kappa shape index (κ1) is 12.4. The number of aryl methyl sites for hydroxylation is 1. The van der Waals surface area contributed by atoms with Gasteiger partial charge in [0, 0.05) is 17.8 Å². The quantitative estimate of drug-likeness (QED) is 0.746. The lowest BCUT2D eigenvalue weighted by Crippen LogP contribution is -2.17. The minimum atomic E-state index is -0.236. The fourth-order valence-electron chi connectivity index (χ4n) is 2.42. The number of aromatic nitrogens is 2. The molecule has 2 aromatic rings. The van der Waals surface area contributed by atoms with E-state index in [1.54, 1.807) is 13.0 Å². The first-order valence-corrected chi connectivity index (χ1v) is 6.51. The van der Waals surface area contributed by atoms with Gasteiger partial charge in [-0.25, -0.2) is 14.4 Å². The maximum atomic E-state index is 13.4. The maximum absolute atomic E-state index is 13.4. The summed E-state index contributed by atoms with van der Waals surface area (Å²) in [5.74, 6) is 1.15. The number of nitrogens with zero attached hydrogens (tertiary/aromatic N) is 3. The van der Waals surface area contributed by atoms with Crippen molar-refractivity contribution >= 4 is 23.1 Å². The zero-order chi connectivity index (χ0) is 13.6. The molecule has 3 nitrogen and oxygen atoms in total. The topological polar surface area (TPSA) is 29.0 Å². The fourth-order valence-corrected chi connectivity index (χ4v) is 2.62. The molecule has 19 heavy (non-hydrogen) atoms. The van der Waals surface area contributed by atoms with E-state index in [0.717, 1.165) is 35.6 Å². The highest BCUT2D eigenvalue weighted by molar-refractivity contribution is 6.30. The third-order valence-corrected chi connectivity index (χ3v) is 3.74. The van der Waals surface area contributed by atoms with Crippen LogP contribution in [0.2, 0.25) is 5.15 Å². The van der Waals surface area contributed by atoms with Crippen LogP contribution in [0.15, 0.2) is 18.2 Å². The average Bonchev–Trinajstić information content (AvgIpc) is 2.76. The van der Waals surface area contributed by atoms with Crippen LogP contribution < -0.4 is 4.90 Å². The van der Waals surface area contributed by atoms with Crippen LogP contribution in [0.4, 0.5) is 15.9 Å². The van der Waals surface area contributed by atoms with Crippen LogP contribution in [0.25, 0.3) is 0 Å². The SMILES string of the molecule is Cc1nc(Cl)c(C)c(N2CCc3ccc(F)cc32)n1. The second-order valence-electron chi connectivity index (χ2n) is 4.68. The van der Waals surface area contributed by atoms with E-state index < -0.39 is 0 Å². The number of benzene rings is 1. The lowest BCUT2D eigenvalue weighted by Gasteiger charge is -2.21. The van der Waals surface area contributed by atoms with E-state index in [1.807, 2.05) is 17.9 Å². The van der Waals surface area contributed by atoms with E-state index in [9.17, 15) is 4.39 Å². The second-order valence-corrected chi connectivity index (χ2v) is 5.04. The minimum Gasteiger partial charge on any atom is -0.325 e. The lowest BCUT2D eigenvalue weighted by atomic mass is 10.1. The van der Waals surface area contributed by atoms with E-state index in [1.165, 1.54) is 6.07 Å². The van der Waals surface area contributed by atoms with Crippen molar-refractivity contribution in [1.82, 2.24) is 9.97 Å². The Kier molecular flexibility index (Phi) is 2.90. The average molecular weight is 278 g/mol. The summed E-state index contributed by atoms with van der Waals surface area (Å²) in [6.07, 6.45) is 0.885. The van der Waals surface area contributed by atoms with Gasteiger partial charge < -0.3 is 4.90 Å². The molecule has 0 unspecified atom stereocenters. The normalized spacial score (nSPS) is 13.8. The summed E-state index contributed by atoms with van der Waals surface area (Å²) in [4.78, 5) is 10.6. The van der Waals surface area contributed by atoms with Gasteiger partial charge in [0.25, 0.3) is 0 Å². The Balaban J connectivity index is 2.14. The molecule has 1 aliphatic heterocycles. The van der Waals surface area contributed by atoms with Crippen molar-refractivity contribution in [3.8, 4) is 0 Å². The van der Waals surface area contributed by atoms with Gasteiger partial charge in [0.15, 0.2) is 0 Å². The summed E-state index contributed by atoms with van der Waals surface area (Å²) in [5, 5.41) is 0.451. The highest BCUT2D eigenvalue weighted by Crippen LogP contribution is 2.36. The molecule has 0 N–H and O–H groups in total. The second kappa shape index (κ2) is 4.46. The molecule has 0 aliphatic carbocycles. The molecule has 0 spiro atoms. The van der Waals surface area contributed by atoms with E-state index >= 15 is 0 Å². The summed E-state index contributed by atoms with van der Waals surface area (Å²) >= 11 is 6.10. The highest BCUT2D eigenvalue weighted by atomic mass is 35.5. The van der Waals surface area contributed by atoms with Crippen molar-refractivity contribution in [2.24, 2.45) is 0 Å². The summed E-state index contributed by atoms with van der Waals surface area (Å²) < 4.78 is 13.4. The van der Waals surface area contributed by atoms with Gasteiger partial charge in [-0.1, -0.05) is 17.7 Å². The molecule has 0 bridgehead atoms. The van der Waals surface area contributed by atoms with Gasteiger partial charge in [0.05, 0.1) is 0 Å². The van der Waals surface area contributed by atoms with E-state index in [4.69, 9.17) is 11.6 Å². The van der Waals surface area contributed by atoms with Gasteiger partial charge >= 0.3 is 0 Å². The Bertz CT molecular complexity index is 657. The molecule has 0 saturated carbocycles. The van der Waals surface area contributed by atoms with Gasteiger partial charge in [-0.05, 0) is 38.0 Å². The lowest BCUT2D eigenvalue weighted by molar-refractivity contribution is 0.628. The van der Waals surface area contributed by atoms with Crippen LogP contribution in [-0.4, -0.2) is 16.5 Å². The van der Waals surface area contributed by atoms with Crippen molar-refractivity contribution in [3.05, 3.63) is 46.1 Å². The molecule has 98 valence electrons. The van der Waals surface area contributed by atoms with Crippen LogP contribution in [0.5, 0.6) is 0 Å². The largest absolute Gasteiger partial charge is 0.325 e. The smallest absolute Gasteiger partial charge is 0.141 e. The molecule has 0 atom stereocenters. The van der Waals surface area contributed by atoms with Gasteiger partial charge in [-0.2, -0.15) is 0 Å². The molecule has 0 fully saturated rings. The summed E-state index contributed by atoms with van der Waals surface area (Å²) in [6, 6.07) is 4.87. The number of hydrogen-bond acceptors (Lipinski definition) is 3. The number of fused-ring (bicyclic) bond motifs is 1. The predicted octanol–water partition coefficient (Wildman–Crippen LogP) is 3.58. The first-order chi connectivity index (χ1) is 9.06. The van der Waals surface area contributed by atoms with Crippen LogP contribution in [-0.2, 0) is 6.42 Å². The monoisotopic (exact) mass is 277 g/mol. The Morgan fingerprint density at radius 1 is 1.26 bits per heavy atom. The van der Waals surface area contributed by atoms with Gasteiger partial charge in [0.2, 0.25) is 0 Å². The Labute approximate surface area is 116 Å². The van der Waals surface area contributed by atoms with Crippen molar-refractivity contribution in [1.29, 1.82) is 0 Å². The molecular formula is C14H13ClFN3. The van der Waals surface area contributed by atoms with Gasteiger partial charge in [-0.15, -0.1) is 0 Å². The van der Waals surface area contributed by atoms with Gasteiger partial charge in [-0.3, -0.25) is 0 Å². The van der Waals surface area contributed by atoms with Crippen molar-refractivity contribution in [2.45, 2.75) is 20.3 Å². The molecule has 3 rings (SSSR count). The molecule has 1 aromatic heterocycles. The summed E-state index contributed by atoms with van der Waals surface area (Å²) in [7, 11) is 0. The zero-order valence-electron chi connectivity index (χ0n) is 10.7. The predicted molar refractivity (Wildman–Crippen MR) is 73.6 cm³/mol. The van der Waals surface area contributed by atoms with Crippen LogP contribution >= 0.6 is 11.6 Å². The van der Waals surface area contributed by atoms with Crippen molar-refractivity contribution in [3.63, 3.8) is 0 Å². The Morgan fingerprint density at radius 2 is 2.05 bits per heavy atom. The molecule has 5 heteroatoms. The number of hydrogen-bond donors (Lipinski definition) is 0. The third-order valence-electron chi connectivity index (χ3n) is 3.37. The standard InChI is InChI=1S/C14H13ClFN3/c1-8-13(15)17-9(2)18-14(8)19-6-5-10-3-4-11(16)7-12(10)19/h3-4,7H,5-6H2,1-2H3. The highest BCUT2D eigenvalue weighted by Gasteiger charge is 2.24. The molecule has 2 heterocycles. The minimum absolute atomic E-state index is 0.236. The van der Waals surface area contributed by atoms with Crippen LogP contribution in [0.3, 0.4) is 0 Å². The number of halogens is 2. The molecule has 0 saturated heterocycles. The zero-order valence-corrected chi connectivity index (χ0v) is 11.5. The van der Waals surface area contributed by atoms with Crippen LogP contribution in [0, 0.1) is 19.7 Å². The van der Waals surface area contributed by atoms with Crippen molar-refractivity contribution in [2.75, 3.05) is 11.4 Å². The molecular weight excluding hydrogens is 265 g/mol. The van der Waals surface area contributed by atoms with Crippen molar-refractivity contribution < 1.29 is 4.39 Å². The molecule has 0 radical (unpaired) electrons. The first-order valence-electron chi connectivity index (χ1n) is 6.13. The Hall–Kier alpha value is -1.68. The Morgan fingerprint density at radius 3 is 2.84 bits per heavy atom. The molecule has 1 aliphatic rings.